The standard InChI is InChI=1S/C11H9BrF2N2O/c12-6-3-4-7(13)9(10(6)14)11(16-15)8-2-1-5-17-8/h1-5,11,16H,15H2. The number of nitrogens with one attached hydrogen (secondary N) is 1. The molecule has 6 heteroatoms. The number of hydrogen-bond donors (Lipinski definition) is 2. The second-order valence-corrected chi connectivity index (χ2v) is 4.23. The van der Waals surface area contributed by atoms with Crippen molar-refractivity contribution in [2.45, 2.75) is 6.04 Å². The molecule has 1 heterocycles. The summed E-state index contributed by atoms with van der Waals surface area (Å²) in [6.45, 7) is 0. The van der Waals surface area contributed by atoms with Gasteiger partial charge in [-0.15, -0.1) is 0 Å². The first-order valence-electron chi connectivity index (χ1n) is 4.78. The Labute approximate surface area is 105 Å². The molecule has 0 bridgehead atoms. The topological polar surface area (TPSA) is 51.2 Å². The van der Waals surface area contributed by atoms with Crippen molar-refractivity contribution in [3.05, 3.63) is 58.0 Å². The number of halogens is 3. The lowest BCUT2D eigenvalue weighted by Crippen LogP contribution is -2.30. The summed E-state index contributed by atoms with van der Waals surface area (Å²) >= 11 is 3.00. The van der Waals surface area contributed by atoms with Gasteiger partial charge >= 0.3 is 0 Å². The van der Waals surface area contributed by atoms with Gasteiger partial charge in [0.25, 0.3) is 0 Å². The zero-order valence-electron chi connectivity index (χ0n) is 8.58. The lowest BCUT2D eigenvalue weighted by molar-refractivity contribution is 0.426. The third kappa shape index (κ3) is 2.24. The zero-order chi connectivity index (χ0) is 12.4. The van der Waals surface area contributed by atoms with E-state index in [1.165, 1.54) is 12.3 Å². The van der Waals surface area contributed by atoms with Gasteiger partial charge in [0.1, 0.15) is 23.4 Å². The van der Waals surface area contributed by atoms with Crippen molar-refractivity contribution in [1.29, 1.82) is 0 Å². The van der Waals surface area contributed by atoms with Crippen LogP contribution in [0.3, 0.4) is 0 Å². The van der Waals surface area contributed by atoms with E-state index < -0.39 is 17.7 Å². The van der Waals surface area contributed by atoms with Gasteiger partial charge < -0.3 is 4.42 Å². The zero-order valence-corrected chi connectivity index (χ0v) is 10.2. The maximum absolute atomic E-state index is 13.9. The largest absolute Gasteiger partial charge is 0.467 e. The molecule has 1 aromatic heterocycles. The van der Waals surface area contributed by atoms with E-state index in [4.69, 9.17) is 10.3 Å². The predicted molar refractivity (Wildman–Crippen MR) is 61.9 cm³/mol. The van der Waals surface area contributed by atoms with Crippen LogP contribution in [0.25, 0.3) is 0 Å². The SMILES string of the molecule is NNC(c1ccco1)c1c(F)ccc(Br)c1F. The molecule has 3 N–H and O–H groups in total. The Morgan fingerprint density at radius 2 is 2.06 bits per heavy atom. The van der Waals surface area contributed by atoms with Gasteiger partial charge in [0.15, 0.2) is 0 Å². The van der Waals surface area contributed by atoms with Crippen molar-refractivity contribution in [1.82, 2.24) is 5.43 Å². The van der Waals surface area contributed by atoms with Gasteiger partial charge in [-0.2, -0.15) is 0 Å². The number of furan rings is 1. The van der Waals surface area contributed by atoms with Gasteiger partial charge in [-0.1, -0.05) is 0 Å². The van der Waals surface area contributed by atoms with Crippen molar-refractivity contribution < 1.29 is 13.2 Å². The Morgan fingerprint density at radius 3 is 2.65 bits per heavy atom. The van der Waals surface area contributed by atoms with E-state index in [-0.39, 0.29) is 10.0 Å². The van der Waals surface area contributed by atoms with Gasteiger partial charge in [0.2, 0.25) is 0 Å². The molecule has 0 spiro atoms. The Kier molecular flexibility index (Phi) is 3.56. The lowest BCUT2D eigenvalue weighted by Gasteiger charge is -2.16. The molecule has 0 amide bonds. The second kappa shape index (κ2) is 4.95. The van der Waals surface area contributed by atoms with Gasteiger partial charge in [-0.25, -0.2) is 14.2 Å². The molecule has 0 fully saturated rings. The van der Waals surface area contributed by atoms with Crippen molar-refractivity contribution in [3.8, 4) is 0 Å². The van der Waals surface area contributed by atoms with Crippen LogP contribution in [-0.2, 0) is 0 Å². The quantitative estimate of drug-likeness (QED) is 0.521. The average Bonchev–Trinajstić information content (AvgIpc) is 2.83. The van der Waals surface area contributed by atoms with Crippen LogP contribution in [0.5, 0.6) is 0 Å². The molecule has 1 aromatic carbocycles. The fraction of sp³-hybridized carbons (Fsp3) is 0.0909. The summed E-state index contributed by atoms with van der Waals surface area (Å²) in [4.78, 5) is 0. The molecule has 90 valence electrons. The third-order valence-corrected chi connectivity index (χ3v) is 2.97. The van der Waals surface area contributed by atoms with Gasteiger partial charge in [-0.3, -0.25) is 5.84 Å². The minimum atomic E-state index is -0.873. The Hall–Kier alpha value is -1.24. The molecule has 0 saturated heterocycles. The fourth-order valence-electron chi connectivity index (χ4n) is 1.57. The van der Waals surface area contributed by atoms with Crippen LogP contribution < -0.4 is 11.3 Å². The molecule has 0 saturated carbocycles. The number of rotatable bonds is 3. The molecule has 17 heavy (non-hydrogen) atoms. The lowest BCUT2D eigenvalue weighted by atomic mass is 10.0. The molecule has 2 rings (SSSR count). The molecule has 3 nitrogen and oxygen atoms in total. The summed E-state index contributed by atoms with van der Waals surface area (Å²) in [6, 6.07) is 4.79. The maximum Gasteiger partial charge on any atom is 0.145 e. The number of hydrogen-bond acceptors (Lipinski definition) is 3. The summed E-state index contributed by atoms with van der Waals surface area (Å²) in [7, 11) is 0. The highest BCUT2D eigenvalue weighted by molar-refractivity contribution is 9.10. The van der Waals surface area contributed by atoms with Gasteiger partial charge in [0.05, 0.1) is 16.3 Å². The monoisotopic (exact) mass is 302 g/mol. The summed E-state index contributed by atoms with van der Waals surface area (Å²) in [5.41, 5.74) is 2.15. The molecule has 1 atom stereocenters. The molecular weight excluding hydrogens is 294 g/mol. The second-order valence-electron chi connectivity index (χ2n) is 3.37. The molecular formula is C11H9BrF2N2O. The van der Waals surface area contributed by atoms with E-state index in [0.29, 0.717) is 5.76 Å². The average molecular weight is 303 g/mol. The van der Waals surface area contributed by atoms with E-state index in [1.54, 1.807) is 12.1 Å². The first-order chi connectivity index (χ1) is 8.15. The van der Waals surface area contributed by atoms with Crippen LogP contribution in [0.1, 0.15) is 17.4 Å². The summed E-state index contributed by atoms with van der Waals surface area (Å²) in [6.07, 6.45) is 1.41. The highest BCUT2D eigenvalue weighted by Gasteiger charge is 2.24. The number of benzene rings is 1. The smallest absolute Gasteiger partial charge is 0.145 e. The van der Waals surface area contributed by atoms with E-state index >= 15 is 0 Å². The van der Waals surface area contributed by atoms with Crippen LogP contribution in [0, 0.1) is 11.6 Å². The minimum Gasteiger partial charge on any atom is -0.467 e. The van der Waals surface area contributed by atoms with Crippen molar-refractivity contribution >= 4 is 15.9 Å². The van der Waals surface area contributed by atoms with E-state index in [1.807, 2.05) is 0 Å². The van der Waals surface area contributed by atoms with E-state index in [9.17, 15) is 8.78 Å². The fourth-order valence-corrected chi connectivity index (χ4v) is 1.92. The Bertz CT molecular complexity index is 516. The molecule has 2 aromatic rings. The van der Waals surface area contributed by atoms with Gasteiger partial charge in [0, 0.05) is 0 Å². The normalized spacial score (nSPS) is 12.7. The van der Waals surface area contributed by atoms with Crippen LogP contribution in [0.2, 0.25) is 0 Å². The minimum absolute atomic E-state index is 0.167. The highest BCUT2D eigenvalue weighted by Crippen LogP contribution is 2.30. The molecule has 0 radical (unpaired) electrons. The van der Waals surface area contributed by atoms with Crippen molar-refractivity contribution in [3.63, 3.8) is 0 Å². The first-order valence-corrected chi connectivity index (χ1v) is 5.57. The summed E-state index contributed by atoms with van der Waals surface area (Å²) in [5, 5.41) is 0. The number of hydrazine groups is 1. The highest BCUT2D eigenvalue weighted by atomic mass is 79.9. The van der Waals surface area contributed by atoms with Crippen LogP contribution in [0.15, 0.2) is 39.4 Å². The van der Waals surface area contributed by atoms with E-state index in [2.05, 4.69) is 21.4 Å². The predicted octanol–water partition coefficient (Wildman–Crippen LogP) is 2.87. The van der Waals surface area contributed by atoms with Crippen molar-refractivity contribution in [2.75, 3.05) is 0 Å². The first kappa shape index (κ1) is 12.2. The maximum atomic E-state index is 13.9. The Morgan fingerprint density at radius 1 is 1.29 bits per heavy atom. The molecule has 0 aliphatic rings. The van der Waals surface area contributed by atoms with Crippen LogP contribution >= 0.6 is 15.9 Å². The molecule has 1 unspecified atom stereocenters. The number of nitrogens with two attached hydrogens (primary N) is 1. The third-order valence-electron chi connectivity index (χ3n) is 2.36. The summed E-state index contributed by atoms with van der Waals surface area (Å²) in [5.74, 6) is 4.27. The van der Waals surface area contributed by atoms with Crippen LogP contribution in [-0.4, -0.2) is 0 Å². The Balaban J connectivity index is 2.55. The molecule has 0 aliphatic carbocycles. The van der Waals surface area contributed by atoms with Crippen molar-refractivity contribution in [2.24, 2.45) is 5.84 Å². The van der Waals surface area contributed by atoms with E-state index in [0.717, 1.165) is 6.07 Å². The van der Waals surface area contributed by atoms with Gasteiger partial charge in [-0.05, 0) is 40.2 Å². The van der Waals surface area contributed by atoms with Crippen LogP contribution in [0.4, 0.5) is 8.78 Å². The summed E-state index contributed by atoms with van der Waals surface area (Å²) < 4.78 is 32.8. The molecule has 0 aliphatic heterocycles.